The average molecular weight is 424 g/mol. The van der Waals surface area contributed by atoms with Gasteiger partial charge in [0.05, 0.1) is 0 Å². The minimum absolute atomic E-state index is 0. The van der Waals surface area contributed by atoms with Gasteiger partial charge in [-0.25, -0.2) is 0 Å². The van der Waals surface area contributed by atoms with Gasteiger partial charge in [0.1, 0.15) is 0 Å². The number of rotatable bonds is 4. The van der Waals surface area contributed by atoms with Crippen LogP contribution in [0.2, 0.25) is 0 Å². The van der Waals surface area contributed by atoms with E-state index in [1.807, 2.05) is 0 Å². The first-order valence-electron chi connectivity index (χ1n) is 6.93. The zero-order valence-electron chi connectivity index (χ0n) is 15.1. The summed E-state index contributed by atoms with van der Waals surface area (Å²) >= 11 is 9.87. The maximum absolute atomic E-state index is 4.94. The molecule has 0 aromatic carbocycles. The molecule has 0 fully saturated rings. The van der Waals surface area contributed by atoms with Gasteiger partial charge in [0, 0.05) is 5.54 Å². The van der Waals surface area contributed by atoms with E-state index in [9.17, 15) is 0 Å². The summed E-state index contributed by atoms with van der Waals surface area (Å²) in [7, 11) is 0. The summed E-state index contributed by atoms with van der Waals surface area (Å²) in [6, 6.07) is 0. The molecule has 20 heavy (non-hydrogen) atoms. The Balaban J connectivity index is -0.000000119. The van der Waals surface area contributed by atoms with E-state index in [-0.39, 0.29) is 29.4 Å². The molecule has 0 rings (SSSR count). The first-order valence-corrected chi connectivity index (χ1v) is 8.09. The van der Waals surface area contributed by atoms with Crippen LogP contribution in [0.5, 0.6) is 0 Å². The molecule has 0 unspecified atom stereocenters. The SMILES string of the molecule is CC(C)(C)N(CC[S-])CC[S-].C[C](C)C.C[C](C)C.[Sn+2]. The number of hydrogen-bond acceptors (Lipinski definition) is 3. The molecule has 4 radical (unpaired) electrons. The molecule has 0 aromatic rings. The summed E-state index contributed by atoms with van der Waals surface area (Å²) in [6.45, 7) is 21.1. The van der Waals surface area contributed by atoms with Gasteiger partial charge < -0.3 is 30.2 Å². The second-order valence-corrected chi connectivity index (χ2v) is 7.38. The molecule has 0 heterocycles. The molecule has 0 aliphatic carbocycles. The normalized spacial score (nSPS) is 10.5. The van der Waals surface area contributed by atoms with Crippen molar-refractivity contribution < 1.29 is 0 Å². The molecule has 0 aliphatic heterocycles. The van der Waals surface area contributed by atoms with Gasteiger partial charge in [0.2, 0.25) is 0 Å². The van der Waals surface area contributed by atoms with Crippen LogP contribution in [0.1, 0.15) is 62.3 Å². The van der Waals surface area contributed by atoms with Crippen LogP contribution in [-0.2, 0) is 25.3 Å². The largest absolute Gasteiger partial charge is 2.00 e. The molecule has 0 bridgehead atoms. The Bertz CT molecular complexity index is 151. The smallest absolute Gasteiger partial charge is 0.791 e. The van der Waals surface area contributed by atoms with Crippen LogP contribution < -0.4 is 0 Å². The Labute approximate surface area is 157 Å². The standard InChI is InChI=1S/C8H19NS2.2C4H9.Sn/c1-8(2,3)9(4-6-10)5-7-11;2*1-4(2)3;/h10-11H,4-7H2,1-3H3;2*1-3H3;/q;;;+2/p-2. The first kappa shape index (κ1) is 29.5. The molecular formula is C16H35NS2Sn. The molecule has 1 nitrogen and oxygen atoms in total. The van der Waals surface area contributed by atoms with Crippen molar-refractivity contribution in [1.82, 2.24) is 4.90 Å². The van der Waals surface area contributed by atoms with Crippen molar-refractivity contribution in [2.75, 3.05) is 24.6 Å². The Kier molecular flexibility index (Phi) is 27.3. The van der Waals surface area contributed by atoms with Crippen LogP contribution in [-0.4, -0.2) is 58.9 Å². The molecule has 0 saturated heterocycles. The van der Waals surface area contributed by atoms with Crippen molar-refractivity contribution in [3.63, 3.8) is 0 Å². The van der Waals surface area contributed by atoms with Crippen LogP contribution in [0.3, 0.4) is 0 Å². The van der Waals surface area contributed by atoms with Crippen molar-refractivity contribution in [1.29, 1.82) is 0 Å². The summed E-state index contributed by atoms with van der Waals surface area (Å²) < 4.78 is 0. The fourth-order valence-corrected chi connectivity index (χ4v) is 1.44. The van der Waals surface area contributed by atoms with Gasteiger partial charge in [0.15, 0.2) is 0 Å². The first-order chi connectivity index (χ1) is 8.48. The maximum Gasteiger partial charge on any atom is 2.00 e. The molecule has 0 saturated carbocycles. The van der Waals surface area contributed by atoms with E-state index < -0.39 is 0 Å². The van der Waals surface area contributed by atoms with Gasteiger partial charge in [0.25, 0.3) is 0 Å². The Morgan fingerprint density at radius 1 is 0.750 bits per heavy atom. The van der Waals surface area contributed by atoms with E-state index in [4.69, 9.17) is 25.3 Å². The summed E-state index contributed by atoms with van der Waals surface area (Å²) in [4.78, 5) is 2.34. The summed E-state index contributed by atoms with van der Waals surface area (Å²) in [5.41, 5.74) is 0.220. The second kappa shape index (κ2) is 18.5. The van der Waals surface area contributed by atoms with E-state index >= 15 is 0 Å². The van der Waals surface area contributed by atoms with Crippen molar-refractivity contribution in [2.45, 2.75) is 67.9 Å². The van der Waals surface area contributed by atoms with Gasteiger partial charge in [-0.3, -0.25) is 0 Å². The van der Waals surface area contributed by atoms with E-state index in [0.29, 0.717) is 0 Å². The van der Waals surface area contributed by atoms with E-state index in [1.165, 1.54) is 11.8 Å². The molecule has 0 aliphatic rings. The van der Waals surface area contributed by atoms with E-state index in [1.54, 1.807) is 0 Å². The molecule has 120 valence electrons. The molecule has 0 atom stereocenters. The molecule has 4 heteroatoms. The van der Waals surface area contributed by atoms with Crippen molar-refractivity contribution in [3.8, 4) is 0 Å². The van der Waals surface area contributed by atoms with Crippen LogP contribution in [0, 0.1) is 11.8 Å². The van der Waals surface area contributed by atoms with Gasteiger partial charge in [-0.15, -0.1) is 0 Å². The van der Waals surface area contributed by atoms with Crippen LogP contribution in [0.15, 0.2) is 0 Å². The third kappa shape index (κ3) is 36.6. The van der Waals surface area contributed by atoms with Crippen LogP contribution in [0.4, 0.5) is 0 Å². The zero-order valence-corrected chi connectivity index (χ0v) is 19.6. The monoisotopic (exact) mass is 425 g/mol. The van der Waals surface area contributed by atoms with Gasteiger partial charge in [-0.2, -0.15) is 11.5 Å². The molecule has 0 N–H and O–H groups in total. The zero-order chi connectivity index (χ0) is 16.1. The van der Waals surface area contributed by atoms with Crippen molar-refractivity contribution in [3.05, 3.63) is 11.8 Å². The van der Waals surface area contributed by atoms with E-state index in [2.05, 4.69) is 67.2 Å². The maximum atomic E-state index is 4.94. The number of hydrogen-bond donors (Lipinski definition) is 0. The van der Waals surface area contributed by atoms with Crippen molar-refractivity contribution in [2.24, 2.45) is 0 Å². The predicted molar refractivity (Wildman–Crippen MR) is 102 cm³/mol. The summed E-state index contributed by atoms with van der Waals surface area (Å²) in [5.74, 6) is 4.43. The topological polar surface area (TPSA) is 3.24 Å². The Hall–Kier alpha value is 1.46. The fraction of sp³-hybridized carbons (Fsp3) is 0.875. The van der Waals surface area contributed by atoms with Gasteiger partial charge in [-0.05, 0) is 45.7 Å². The average Bonchev–Trinajstić information content (AvgIpc) is 2.14. The second-order valence-electron chi connectivity index (χ2n) is 6.57. The molecular weight excluding hydrogens is 389 g/mol. The van der Waals surface area contributed by atoms with Gasteiger partial charge >= 0.3 is 23.9 Å². The summed E-state index contributed by atoms with van der Waals surface area (Å²) in [5, 5.41) is 0. The molecule has 0 amide bonds. The Morgan fingerprint density at radius 3 is 1.05 bits per heavy atom. The minimum atomic E-state index is 0. The number of nitrogens with zero attached hydrogens (tertiary/aromatic N) is 1. The van der Waals surface area contributed by atoms with Crippen LogP contribution >= 0.6 is 0 Å². The van der Waals surface area contributed by atoms with E-state index in [0.717, 1.165) is 24.6 Å². The Morgan fingerprint density at radius 2 is 0.950 bits per heavy atom. The molecule has 0 spiro atoms. The summed E-state index contributed by atoms with van der Waals surface area (Å²) in [6.07, 6.45) is 0. The quantitative estimate of drug-likeness (QED) is 0.496. The fourth-order valence-electron chi connectivity index (χ4n) is 1.00. The molecule has 0 aromatic heterocycles. The minimum Gasteiger partial charge on any atom is -0.791 e. The van der Waals surface area contributed by atoms with Gasteiger partial charge in [-0.1, -0.05) is 41.5 Å². The predicted octanol–water partition coefficient (Wildman–Crippen LogP) is 4.04. The van der Waals surface area contributed by atoms with Crippen LogP contribution in [0.25, 0.3) is 0 Å². The third-order valence-corrected chi connectivity index (χ3v) is 2.04. The third-order valence-electron chi connectivity index (χ3n) is 1.67. The van der Waals surface area contributed by atoms with Crippen molar-refractivity contribution >= 4 is 49.2 Å².